The fourth-order valence-corrected chi connectivity index (χ4v) is 2.67. The normalized spacial score (nSPS) is 19.8. The Kier molecular flexibility index (Phi) is 5.81. The van der Waals surface area contributed by atoms with Gasteiger partial charge in [0, 0.05) is 19.6 Å². The number of amides is 1. The molecular weight excluding hydrogens is 240 g/mol. The molecule has 4 nitrogen and oxygen atoms in total. The summed E-state index contributed by atoms with van der Waals surface area (Å²) in [5.41, 5.74) is -0.763. The molecule has 1 unspecified atom stereocenters. The zero-order valence-electron chi connectivity index (χ0n) is 13.1. The topological polar surface area (TPSA) is 43.8 Å². The van der Waals surface area contributed by atoms with Gasteiger partial charge in [0.1, 0.15) is 0 Å². The van der Waals surface area contributed by atoms with E-state index in [-0.39, 0.29) is 11.9 Å². The van der Waals surface area contributed by atoms with Gasteiger partial charge in [-0.25, -0.2) is 0 Å². The van der Waals surface area contributed by atoms with E-state index in [1.54, 1.807) is 13.8 Å². The van der Waals surface area contributed by atoms with E-state index in [4.69, 9.17) is 0 Å². The minimum atomic E-state index is -0.763. The summed E-state index contributed by atoms with van der Waals surface area (Å²) < 4.78 is 0. The molecule has 0 spiro atoms. The molecule has 1 aliphatic heterocycles. The minimum absolute atomic E-state index is 0.148. The maximum Gasteiger partial charge on any atom is 0.239 e. The quantitative estimate of drug-likeness (QED) is 0.827. The second-order valence-corrected chi connectivity index (χ2v) is 6.56. The number of carbonyl (C=O) groups is 1. The predicted octanol–water partition coefficient (Wildman–Crippen LogP) is 1.73. The number of hydrogen-bond acceptors (Lipinski definition) is 3. The van der Waals surface area contributed by atoms with Crippen LogP contribution in [0, 0.1) is 5.92 Å². The molecule has 1 saturated heterocycles. The van der Waals surface area contributed by atoms with Crippen molar-refractivity contribution in [1.29, 1.82) is 0 Å². The molecule has 0 radical (unpaired) electrons. The number of piperidine rings is 1. The van der Waals surface area contributed by atoms with E-state index in [9.17, 15) is 9.90 Å². The minimum Gasteiger partial charge on any atom is -0.389 e. The fraction of sp³-hybridized carbons (Fsp3) is 0.933. The van der Waals surface area contributed by atoms with Crippen LogP contribution in [-0.4, -0.2) is 58.6 Å². The summed E-state index contributed by atoms with van der Waals surface area (Å²) in [4.78, 5) is 16.5. The molecule has 1 atom stereocenters. The molecular formula is C15H30N2O2. The van der Waals surface area contributed by atoms with Crippen molar-refractivity contribution in [3.05, 3.63) is 0 Å². The van der Waals surface area contributed by atoms with Crippen molar-refractivity contribution >= 4 is 5.91 Å². The van der Waals surface area contributed by atoms with Gasteiger partial charge in [0.2, 0.25) is 5.91 Å². The maximum absolute atomic E-state index is 12.5. The SMILES string of the molecule is CCN(CC(C)(C)O)C(C)C(=O)N1CCC(C)CC1. The molecule has 0 saturated carbocycles. The molecule has 1 amide bonds. The van der Waals surface area contributed by atoms with Gasteiger partial charge in [-0.2, -0.15) is 0 Å². The van der Waals surface area contributed by atoms with Crippen LogP contribution in [0.4, 0.5) is 0 Å². The van der Waals surface area contributed by atoms with Crippen molar-refractivity contribution in [3.8, 4) is 0 Å². The summed E-state index contributed by atoms with van der Waals surface area (Å²) in [5, 5.41) is 9.93. The van der Waals surface area contributed by atoms with E-state index in [0.717, 1.165) is 38.4 Å². The first-order valence-electron chi connectivity index (χ1n) is 7.49. The Balaban J connectivity index is 2.59. The second-order valence-electron chi connectivity index (χ2n) is 6.56. The van der Waals surface area contributed by atoms with Gasteiger partial charge in [0.05, 0.1) is 11.6 Å². The molecule has 0 aromatic heterocycles. The average molecular weight is 270 g/mol. The van der Waals surface area contributed by atoms with Crippen LogP contribution >= 0.6 is 0 Å². The van der Waals surface area contributed by atoms with Crippen LogP contribution in [0.25, 0.3) is 0 Å². The lowest BCUT2D eigenvalue weighted by atomic mass is 9.98. The molecule has 112 valence electrons. The third-order valence-corrected chi connectivity index (χ3v) is 4.00. The second kappa shape index (κ2) is 6.71. The lowest BCUT2D eigenvalue weighted by Gasteiger charge is -2.37. The highest BCUT2D eigenvalue weighted by molar-refractivity contribution is 5.81. The number of rotatable bonds is 5. The smallest absolute Gasteiger partial charge is 0.239 e. The summed E-state index contributed by atoms with van der Waals surface area (Å²) in [6.45, 7) is 12.9. The summed E-state index contributed by atoms with van der Waals surface area (Å²) in [6.07, 6.45) is 2.21. The number of carbonyl (C=O) groups excluding carboxylic acids is 1. The Hall–Kier alpha value is -0.610. The van der Waals surface area contributed by atoms with Crippen LogP contribution in [0.3, 0.4) is 0 Å². The largest absolute Gasteiger partial charge is 0.389 e. The van der Waals surface area contributed by atoms with Crippen molar-refractivity contribution in [2.24, 2.45) is 5.92 Å². The molecule has 1 rings (SSSR count). The number of aliphatic hydroxyl groups is 1. The monoisotopic (exact) mass is 270 g/mol. The fourth-order valence-electron chi connectivity index (χ4n) is 2.67. The predicted molar refractivity (Wildman–Crippen MR) is 78.0 cm³/mol. The number of hydrogen-bond donors (Lipinski definition) is 1. The summed E-state index contributed by atoms with van der Waals surface area (Å²) in [5.74, 6) is 0.941. The standard InChI is InChI=1S/C15H30N2O2/c1-6-16(11-15(4,5)19)13(3)14(18)17-9-7-12(2)8-10-17/h12-13,19H,6-11H2,1-5H3. The first-order valence-corrected chi connectivity index (χ1v) is 7.49. The maximum atomic E-state index is 12.5. The van der Waals surface area contributed by atoms with Crippen molar-refractivity contribution in [2.75, 3.05) is 26.2 Å². The third-order valence-electron chi connectivity index (χ3n) is 4.00. The zero-order chi connectivity index (χ0) is 14.6. The van der Waals surface area contributed by atoms with Crippen molar-refractivity contribution in [1.82, 2.24) is 9.80 Å². The summed E-state index contributed by atoms with van der Waals surface area (Å²) in [7, 11) is 0. The van der Waals surface area contributed by atoms with E-state index in [1.165, 1.54) is 0 Å². The van der Waals surface area contributed by atoms with Crippen LogP contribution < -0.4 is 0 Å². The summed E-state index contributed by atoms with van der Waals surface area (Å²) >= 11 is 0. The Morgan fingerprint density at radius 1 is 1.42 bits per heavy atom. The third kappa shape index (κ3) is 5.11. The van der Waals surface area contributed by atoms with E-state index in [0.29, 0.717) is 6.54 Å². The number of nitrogens with zero attached hydrogens (tertiary/aromatic N) is 2. The molecule has 19 heavy (non-hydrogen) atoms. The van der Waals surface area contributed by atoms with Crippen LogP contribution in [0.2, 0.25) is 0 Å². The lowest BCUT2D eigenvalue weighted by Crippen LogP contribution is -2.52. The molecule has 0 aliphatic carbocycles. The van der Waals surface area contributed by atoms with E-state index in [2.05, 4.69) is 11.8 Å². The van der Waals surface area contributed by atoms with Crippen molar-refractivity contribution in [3.63, 3.8) is 0 Å². The van der Waals surface area contributed by atoms with E-state index in [1.807, 2.05) is 18.7 Å². The highest BCUT2D eigenvalue weighted by Gasteiger charge is 2.29. The van der Waals surface area contributed by atoms with Crippen LogP contribution in [0.5, 0.6) is 0 Å². The molecule has 1 aliphatic rings. The van der Waals surface area contributed by atoms with Gasteiger partial charge < -0.3 is 10.0 Å². The highest BCUT2D eigenvalue weighted by atomic mass is 16.3. The van der Waals surface area contributed by atoms with E-state index < -0.39 is 5.60 Å². The molecule has 0 aromatic carbocycles. The van der Waals surface area contributed by atoms with Gasteiger partial charge in [0.25, 0.3) is 0 Å². The van der Waals surface area contributed by atoms with Crippen LogP contribution in [0.1, 0.15) is 47.5 Å². The van der Waals surface area contributed by atoms with Gasteiger partial charge in [-0.1, -0.05) is 13.8 Å². The molecule has 1 fully saturated rings. The molecule has 0 aromatic rings. The molecule has 4 heteroatoms. The lowest BCUT2D eigenvalue weighted by molar-refractivity contribution is -0.138. The van der Waals surface area contributed by atoms with E-state index >= 15 is 0 Å². The van der Waals surface area contributed by atoms with Gasteiger partial charge in [-0.05, 0) is 46.1 Å². The van der Waals surface area contributed by atoms with Gasteiger partial charge in [0.15, 0.2) is 0 Å². The highest BCUT2D eigenvalue weighted by Crippen LogP contribution is 2.18. The average Bonchev–Trinajstić information content (AvgIpc) is 2.34. The number of likely N-dealkylation sites (N-methyl/N-ethyl adjacent to an activating group) is 1. The molecule has 1 N–H and O–H groups in total. The van der Waals surface area contributed by atoms with Gasteiger partial charge in [-0.3, -0.25) is 9.69 Å². The van der Waals surface area contributed by atoms with Gasteiger partial charge in [-0.15, -0.1) is 0 Å². The molecule has 1 heterocycles. The Morgan fingerprint density at radius 3 is 2.37 bits per heavy atom. The zero-order valence-corrected chi connectivity index (χ0v) is 13.1. The Morgan fingerprint density at radius 2 is 1.95 bits per heavy atom. The van der Waals surface area contributed by atoms with Crippen molar-refractivity contribution in [2.45, 2.75) is 59.1 Å². The molecule has 0 bridgehead atoms. The first kappa shape index (κ1) is 16.4. The van der Waals surface area contributed by atoms with Crippen LogP contribution in [0.15, 0.2) is 0 Å². The number of likely N-dealkylation sites (tertiary alicyclic amines) is 1. The van der Waals surface area contributed by atoms with Crippen LogP contribution in [-0.2, 0) is 4.79 Å². The first-order chi connectivity index (χ1) is 8.74. The summed E-state index contributed by atoms with van der Waals surface area (Å²) in [6, 6.07) is -0.148. The Labute approximate surface area is 117 Å². The van der Waals surface area contributed by atoms with Gasteiger partial charge >= 0.3 is 0 Å². The van der Waals surface area contributed by atoms with Crippen molar-refractivity contribution < 1.29 is 9.90 Å². The Bertz CT molecular complexity index is 291.